The minimum Gasteiger partial charge on any atom is -0.399 e. The standard InChI is InChI=1S/C16H25N3O2/c1-10-6-7-19(15(10)9-20)12(3)16(21)18-14-5-4-13(17)8-11(14)2/h4-5,8,10,12,15,20H,6-7,9,17H2,1-3H3,(H,18,21). The fraction of sp³-hybridized carbons (Fsp3) is 0.562. The zero-order valence-electron chi connectivity index (χ0n) is 13.0. The van der Waals surface area contributed by atoms with Gasteiger partial charge in [-0.25, -0.2) is 0 Å². The van der Waals surface area contributed by atoms with Gasteiger partial charge in [-0.05, 0) is 56.5 Å². The number of nitrogens with one attached hydrogen (secondary N) is 1. The number of aliphatic hydroxyl groups is 1. The molecule has 4 N–H and O–H groups in total. The molecule has 5 nitrogen and oxygen atoms in total. The maximum absolute atomic E-state index is 12.4. The number of rotatable bonds is 4. The van der Waals surface area contributed by atoms with E-state index in [1.807, 2.05) is 26.0 Å². The monoisotopic (exact) mass is 291 g/mol. The lowest BCUT2D eigenvalue weighted by molar-refractivity contribution is -0.121. The molecule has 21 heavy (non-hydrogen) atoms. The van der Waals surface area contributed by atoms with Crippen molar-refractivity contribution in [3.8, 4) is 0 Å². The number of nitrogens with two attached hydrogens (primary N) is 1. The van der Waals surface area contributed by atoms with Gasteiger partial charge in [0.05, 0.1) is 12.6 Å². The molecule has 0 aromatic heterocycles. The van der Waals surface area contributed by atoms with Crippen molar-refractivity contribution in [2.24, 2.45) is 5.92 Å². The summed E-state index contributed by atoms with van der Waals surface area (Å²) in [5.41, 5.74) is 8.14. The molecule has 0 saturated carbocycles. The second kappa shape index (κ2) is 6.45. The predicted octanol–water partition coefficient (Wildman–Crippen LogP) is 1.61. The van der Waals surface area contributed by atoms with E-state index in [-0.39, 0.29) is 24.6 Å². The van der Waals surface area contributed by atoms with Crippen LogP contribution in [-0.4, -0.2) is 41.1 Å². The zero-order valence-corrected chi connectivity index (χ0v) is 13.0. The zero-order chi connectivity index (χ0) is 15.6. The van der Waals surface area contributed by atoms with E-state index >= 15 is 0 Å². The van der Waals surface area contributed by atoms with Crippen LogP contribution in [0.3, 0.4) is 0 Å². The lowest BCUT2D eigenvalue weighted by Crippen LogP contribution is -2.47. The number of aryl methyl sites for hydroxylation is 1. The smallest absolute Gasteiger partial charge is 0.241 e. The molecule has 3 unspecified atom stereocenters. The Morgan fingerprint density at radius 2 is 2.29 bits per heavy atom. The first kappa shape index (κ1) is 15.8. The number of hydrogen-bond acceptors (Lipinski definition) is 4. The van der Waals surface area contributed by atoms with Gasteiger partial charge in [-0.15, -0.1) is 0 Å². The van der Waals surface area contributed by atoms with Crippen LogP contribution in [0.1, 0.15) is 25.8 Å². The van der Waals surface area contributed by atoms with Gasteiger partial charge in [-0.3, -0.25) is 9.69 Å². The molecule has 0 spiro atoms. The van der Waals surface area contributed by atoms with Crippen LogP contribution in [0.25, 0.3) is 0 Å². The van der Waals surface area contributed by atoms with E-state index in [2.05, 4.69) is 17.1 Å². The van der Waals surface area contributed by atoms with Gasteiger partial charge >= 0.3 is 0 Å². The molecule has 0 bridgehead atoms. The van der Waals surface area contributed by atoms with Crippen molar-refractivity contribution in [2.45, 2.75) is 39.3 Å². The van der Waals surface area contributed by atoms with Crippen LogP contribution in [0.2, 0.25) is 0 Å². The number of amides is 1. The minimum absolute atomic E-state index is 0.0459. The Bertz CT molecular complexity index is 518. The Morgan fingerprint density at radius 1 is 1.57 bits per heavy atom. The molecule has 1 aliphatic heterocycles. The first-order valence-electron chi connectivity index (χ1n) is 7.47. The number of nitrogen functional groups attached to an aromatic ring is 1. The molecule has 1 aromatic rings. The Balaban J connectivity index is 2.06. The average Bonchev–Trinajstić information content (AvgIpc) is 2.81. The summed E-state index contributed by atoms with van der Waals surface area (Å²) in [6.45, 7) is 6.88. The van der Waals surface area contributed by atoms with Crippen LogP contribution in [0.5, 0.6) is 0 Å². The average molecular weight is 291 g/mol. The van der Waals surface area contributed by atoms with Crippen molar-refractivity contribution in [3.05, 3.63) is 23.8 Å². The number of aliphatic hydroxyl groups excluding tert-OH is 1. The van der Waals surface area contributed by atoms with Crippen molar-refractivity contribution in [1.29, 1.82) is 0 Å². The molecule has 0 radical (unpaired) electrons. The topological polar surface area (TPSA) is 78.6 Å². The Hall–Kier alpha value is -1.59. The molecule has 5 heteroatoms. The molecule has 1 fully saturated rings. The highest BCUT2D eigenvalue weighted by Gasteiger charge is 2.36. The first-order chi connectivity index (χ1) is 9.93. The lowest BCUT2D eigenvalue weighted by Gasteiger charge is -2.30. The Morgan fingerprint density at radius 3 is 2.90 bits per heavy atom. The van der Waals surface area contributed by atoms with E-state index in [1.54, 1.807) is 6.07 Å². The highest BCUT2D eigenvalue weighted by Crippen LogP contribution is 2.26. The summed E-state index contributed by atoms with van der Waals surface area (Å²) in [5.74, 6) is 0.374. The molecule has 0 aliphatic carbocycles. The molecule has 1 saturated heterocycles. The molecule has 1 amide bonds. The summed E-state index contributed by atoms with van der Waals surface area (Å²) in [7, 11) is 0. The second-order valence-corrected chi connectivity index (χ2v) is 5.99. The van der Waals surface area contributed by atoms with Crippen LogP contribution < -0.4 is 11.1 Å². The highest BCUT2D eigenvalue weighted by atomic mass is 16.3. The van der Waals surface area contributed by atoms with Gasteiger partial charge in [-0.2, -0.15) is 0 Å². The minimum atomic E-state index is -0.260. The summed E-state index contributed by atoms with van der Waals surface area (Å²) in [6.07, 6.45) is 1.02. The van der Waals surface area contributed by atoms with Crippen LogP contribution >= 0.6 is 0 Å². The fourth-order valence-electron chi connectivity index (χ4n) is 3.02. The number of carbonyl (C=O) groups excluding carboxylic acids is 1. The summed E-state index contributed by atoms with van der Waals surface area (Å²) in [5, 5.41) is 12.5. The SMILES string of the molecule is Cc1cc(N)ccc1NC(=O)C(C)N1CCC(C)C1CO. The van der Waals surface area contributed by atoms with E-state index in [0.717, 1.165) is 24.2 Å². The molecule has 116 valence electrons. The molecule has 2 rings (SSSR count). The van der Waals surface area contributed by atoms with Gasteiger partial charge in [0.15, 0.2) is 0 Å². The quantitative estimate of drug-likeness (QED) is 0.736. The van der Waals surface area contributed by atoms with Gasteiger partial charge in [0.25, 0.3) is 0 Å². The molecule has 1 aromatic carbocycles. The molecular weight excluding hydrogens is 266 g/mol. The lowest BCUT2D eigenvalue weighted by atomic mass is 10.0. The van der Waals surface area contributed by atoms with Gasteiger partial charge in [0.2, 0.25) is 5.91 Å². The highest BCUT2D eigenvalue weighted by molar-refractivity contribution is 5.95. The van der Waals surface area contributed by atoms with E-state index in [9.17, 15) is 9.90 Å². The van der Waals surface area contributed by atoms with Gasteiger partial charge < -0.3 is 16.2 Å². The maximum Gasteiger partial charge on any atom is 0.241 e. The third-order valence-electron chi connectivity index (χ3n) is 4.50. The fourth-order valence-corrected chi connectivity index (χ4v) is 3.02. The molecular formula is C16H25N3O2. The number of carbonyl (C=O) groups is 1. The Labute approximate surface area is 126 Å². The number of benzene rings is 1. The second-order valence-electron chi connectivity index (χ2n) is 5.99. The summed E-state index contributed by atoms with van der Waals surface area (Å²) >= 11 is 0. The van der Waals surface area contributed by atoms with E-state index in [0.29, 0.717) is 11.6 Å². The van der Waals surface area contributed by atoms with Gasteiger partial charge in [-0.1, -0.05) is 6.92 Å². The largest absolute Gasteiger partial charge is 0.399 e. The molecule has 1 aliphatic rings. The van der Waals surface area contributed by atoms with Crippen molar-refractivity contribution in [2.75, 3.05) is 24.2 Å². The first-order valence-corrected chi connectivity index (χ1v) is 7.47. The number of anilines is 2. The molecule has 3 atom stereocenters. The number of nitrogens with zero attached hydrogens (tertiary/aromatic N) is 1. The van der Waals surface area contributed by atoms with Crippen molar-refractivity contribution in [1.82, 2.24) is 4.90 Å². The van der Waals surface area contributed by atoms with E-state index in [1.165, 1.54) is 0 Å². The number of likely N-dealkylation sites (tertiary alicyclic amines) is 1. The van der Waals surface area contributed by atoms with Gasteiger partial charge in [0, 0.05) is 17.4 Å². The normalized spacial score (nSPS) is 24.0. The maximum atomic E-state index is 12.4. The van der Waals surface area contributed by atoms with Crippen molar-refractivity contribution in [3.63, 3.8) is 0 Å². The predicted molar refractivity (Wildman–Crippen MR) is 85.0 cm³/mol. The Kier molecular flexibility index (Phi) is 4.85. The van der Waals surface area contributed by atoms with E-state index in [4.69, 9.17) is 5.73 Å². The van der Waals surface area contributed by atoms with Crippen molar-refractivity contribution >= 4 is 17.3 Å². The van der Waals surface area contributed by atoms with Crippen LogP contribution in [0.15, 0.2) is 18.2 Å². The van der Waals surface area contributed by atoms with Crippen LogP contribution in [-0.2, 0) is 4.79 Å². The van der Waals surface area contributed by atoms with Crippen LogP contribution in [0.4, 0.5) is 11.4 Å². The summed E-state index contributed by atoms with van der Waals surface area (Å²) in [6, 6.07) is 5.25. The third kappa shape index (κ3) is 3.36. The van der Waals surface area contributed by atoms with Gasteiger partial charge in [0.1, 0.15) is 0 Å². The van der Waals surface area contributed by atoms with Crippen LogP contribution in [0, 0.1) is 12.8 Å². The summed E-state index contributed by atoms with van der Waals surface area (Å²) in [4.78, 5) is 14.5. The van der Waals surface area contributed by atoms with E-state index < -0.39 is 0 Å². The molecule has 1 heterocycles. The number of hydrogen-bond donors (Lipinski definition) is 3. The summed E-state index contributed by atoms with van der Waals surface area (Å²) < 4.78 is 0. The van der Waals surface area contributed by atoms with Crippen molar-refractivity contribution < 1.29 is 9.90 Å². The third-order valence-corrected chi connectivity index (χ3v) is 4.50.